The quantitative estimate of drug-likeness (QED) is 0.902. The van der Waals surface area contributed by atoms with Gasteiger partial charge < -0.3 is 15.2 Å². The molecular weight excluding hydrogens is 282 g/mol. The molecule has 3 rings (SSSR count). The minimum absolute atomic E-state index is 0.0589. The third-order valence-corrected chi connectivity index (χ3v) is 3.54. The molecule has 22 heavy (non-hydrogen) atoms. The lowest BCUT2D eigenvalue weighted by Gasteiger charge is -2.32. The Hall–Kier alpha value is -2.25. The van der Waals surface area contributed by atoms with Gasteiger partial charge in [-0.25, -0.2) is 15.0 Å². The summed E-state index contributed by atoms with van der Waals surface area (Å²) in [6, 6.07) is 6.00. The van der Waals surface area contributed by atoms with E-state index < -0.39 is 0 Å². The highest BCUT2D eigenvalue weighted by atomic mass is 16.5. The van der Waals surface area contributed by atoms with Crippen molar-refractivity contribution in [1.82, 2.24) is 19.9 Å². The molecule has 2 N–H and O–H groups in total. The van der Waals surface area contributed by atoms with E-state index in [2.05, 4.69) is 19.9 Å². The normalized spacial score (nSPS) is 19.0. The lowest BCUT2D eigenvalue weighted by molar-refractivity contribution is -0.0349. The molecule has 7 nitrogen and oxygen atoms in total. The number of rotatable bonds is 4. The highest BCUT2D eigenvalue weighted by Crippen LogP contribution is 2.22. The second kappa shape index (κ2) is 6.67. The summed E-state index contributed by atoms with van der Waals surface area (Å²) in [6.07, 6.45) is 3.51. The van der Waals surface area contributed by atoms with Crippen LogP contribution in [-0.2, 0) is 11.3 Å². The summed E-state index contributed by atoms with van der Waals surface area (Å²) in [6.45, 7) is 3.07. The summed E-state index contributed by atoms with van der Waals surface area (Å²) in [4.78, 5) is 14.9. The van der Waals surface area contributed by atoms with E-state index in [1.54, 1.807) is 25.6 Å². The average Bonchev–Trinajstić information content (AvgIpc) is 2.56. The molecule has 0 radical (unpaired) electrons. The minimum atomic E-state index is -0.0589. The van der Waals surface area contributed by atoms with Gasteiger partial charge in [-0.2, -0.15) is 0 Å². The maximum absolute atomic E-state index is 5.81. The summed E-state index contributed by atoms with van der Waals surface area (Å²) in [5.41, 5.74) is 7.66. The minimum Gasteiger partial charge on any atom is -0.467 e. The fourth-order valence-corrected chi connectivity index (χ4v) is 2.46. The van der Waals surface area contributed by atoms with E-state index in [0.717, 1.165) is 30.9 Å². The molecule has 0 amide bonds. The highest BCUT2D eigenvalue weighted by molar-refractivity contribution is 5.29. The zero-order valence-corrected chi connectivity index (χ0v) is 12.5. The summed E-state index contributed by atoms with van der Waals surface area (Å²) < 4.78 is 10.8. The number of ether oxygens (including phenoxy) is 2. The number of morpholine rings is 1. The number of hydrogen-bond acceptors (Lipinski definition) is 7. The molecule has 0 spiro atoms. The van der Waals surface area contributed by atoms with E-state index in [1.807, 2.05) is 12.1 Å². The zero-order chi connectivity index (χ0) is 15.4. The van der Waals surface area contributed by atoms with Crippen molar-refractivity contribution in [2.24, 2.45) is 0 Å². The van der Waals surface area contributed by atoms with Gasteiger partial charge in [0.15, 0.2) is 0 Å². The maximum atomic E-state index is 5.81. The van der Waals surface area contributed by atoms with E-state index in [1.165, 1.54) is 0 Å². The van der Waals surface area contributed by atoms with Gasteiger partial charge in [-0.3, -0.25) is 4.90 Å². The second-order valence-corrected chi connectivity index (χ2v) is 5.16. The Morgan fingerprint density at radius 3 is 2.91 bits per heavy atom. The van der Waals surface area contributed by atoms with Crippen LogP contribution in [0.4, 0.5) is 5.82 Å². The Kier molecular flexibility index (Phi) is 4.45. The number of nitrogens with two attached hydrogens (primary N) is 1. The molecule has 1 aliphatic rings. The second-order valence-electron chi connectivity index (χ2n) is 5.16. The van der Waals surface area contributed by atoms with Gasteiger partial charge in [0, 0.05) is 37.6 Å². The van der Waals surface area contributed by atoms with Gasteiger partial charge in [-0.1, -0.05) is 6.07 Å². The van der Waals surface area contributed by atoms with Gasteiger partial charge in [0.2, 0.25) is 0 Å². The van der Waals surface area contributed by atoms with Gasteiger partial charge >= 0.3 is 6.01 Å². The third-order valence-electron chi connectivity index (χ3n) is 3.54. The molecule has 1 unspecified atom stereocenters. The fourth-order valence-electron chi connectivity index (χ4n) is 2.46. The first-order chi connectivity index (χ1) is 10.7. The number of nitrogen functional groups attached to an aromatic ring is 1. The smallest absolute Gasteiger partial charge is 0.316 e. The lowest BCUT2D eigenvalue weighted by atomic mass is 10.1. The van der Waals surface area contributed by atoms with Crippen LogP contribution in [0.5, 0.6) is 6.01 Å². The molecule has 1 saturated heterocycles. The number of pyridine rings is 1. The van der Waals surface area contributed by atoms with Crippen molar-refractivity contribution < 1.29 is 9.47 Å². The van der Waals surface area contributed by atoms with Crippen LogP contribution < -0.4 is 10.5 Å². The maximum Gasteiger partial charge on any atom is 0.316 e. The Morgan fingerprint density at radius 1 is 1.36 bits per heavy atom. The first kappa shape index (κ1) is 14.7. The van der Waals surface area contributed by atoms with Gasteiger partial charge in [0.05, 0.1) is 19.4 Å². The van der Waals surface area contributed by atoms with Gasteiger partial charge in [-0.05, 0) is 12.1 Å². The molecular formula is C15H19N5O2. The van der Waals surface area contributed by atoms with Crippen LogP contribution >= 0.6 is 0 Å². The van der Waals surface area contributed by atoms with Crippen molar-refractivity contribution in [2.45, 2.75) is 12.6 Å². The van der Waals surface area contributed by atoms with Crippen molar-refractivity contribution in [3.63, 3.8) is 0 Å². The number of hydrogen-bond donors (Lipinski definition) is 1. The van der Waals surface area contributed by atoms with Crippen LogP contribution in [0.15, 0.2) is 30.6 Å². The summed E-state index contributed by atoms with van der Waals surface area (Å²) >= 11 is 0. The molecule has 116 valence electrons. The summed E-state index contributed by atoms with van der Waals surface area (Å²) in [5.74, 6) is 0.516. The first-order valence-corrected chi connectivity index (χ1v) is 7.16. The molecule has 2 aromatic rings. The molecule has 0 aromatic carbocycles. The molecule has 1 atom stereocenters. The lowest BCUT2D eigenvalue weighted by Crippen LogP contribution is -2.38. The predicted octanol–water partition coefficient (Wildman–Crippen LogP) is 1.04. The number of anilines is 1. The van der Waals surface area contributed by atoms with E-state index in [9.17, 15) is 0 Å². The van der Waals surface area contributed by atoms with Crippen LogP contribution in [-0.4, -0.2) is 46.7 Å². The predicted molar refractivity (Wildman–Crippen MR) is 81.2 cm³/mol. The van der Waals surface area contributed by atoms with Crippen LogP contribution in [0.1, 0.15) is 17.4 Å². The first-order valence-electron chi connectivity index (χ1n) is 7.16. The van der Waals surface area contributed by atoms with Gasteiger partial charge in [-0.15, -0.1) is 0 Å². The monoisotopic (exact) mass is 301 g/mol. The van der Waals surface area contributed by atoms with E-state index in [-0.39, 0.29) is 6.10 Å². The number of nitrogens with zero attached hydrogens (tertiary/aromatic N) is 4. The molecule has 2 aromatic heterocycles. The molecule has 1 fully saturated rings. The third kappa shape index (κ3) is 3.49. The fraction of sp³-hybridized carbons (Fsp3) is 0.400. The Balaban J connectivity index is 1.65. The molecule has 0 aliphatic carbocycles. The Labute approximate surface area is 129 Å². The zero-order valence-electron chi connectivity index (χ0n) is 12.5. The standard InChI is InChI=1S/C15H19N5O2/c1-21-15-17-7-11(8-18-15)9-20-5-6-22-13(10-20)12-3-2-4-14(16)19-12/h2-4,7-8,13H,5-6,9-10H2,1H3,(H2,16,19). The van der Waals surface area contributed by atoms with E-state index in [4.69, 9.17) is 15.2 Å². The molecule has 3 heterocycles. The molecule has 1 aliphatic heterocycles. The summed E-state index contributed by atoms with van der Waals surface area (Å²) in [5, 5.41) is 0. The van der Waals surface area contributed by atoms with Crippen LogP contribution in [0.25, 0.3) is 0 Å². The molecule has 7 heteroatoms. The van der Waals surface area contributed by atoms with Crippen LogP contribution in [0.2, 0.25) is 0 Å². The van der Waals surface area contributed by atoms with Gasteiger partial charge in [0.25, 0.3) is 0 Å². The summed E-state index contributed by atoms with van der Waals surface area (Å²) in [7, 11) is 1.56. The van der Waals surface area contributed by atoms with Gasteiger partial charge in [0.1, 0.15) is 11.9 Å². The van der Waals surface area contributed by atoms with E-state index in [0.29, 0.717) is 18.4 Å². The molecule has 0 bridgehead atoms. The number of aromatic nitrogens is 3. The van der Waals surface area contributed by atoms with Crippen LogP contribution in [0.3, 0.4) is 0 Å². The Morgan fingerprint density at radius 2 is 2.18 bits per heavy atom. The number of methoxy groups -OCH3 is 1. The Bertz CT molecular complexity index is 620. The van der Waals surface area contributed by atoms with Crippen molar-refractivity contribution in [2.75, 3.05) is 32.5 Å². The average molecular weight is 301 g/mol. The van der Waals surface area contributed by atoms with Crippen molar-refractivity contribution in [3.05, 3.63) is 41.9 Å². The van der Waals surface area contributed by atoms with Crippen molar-refractivity contribution >= 4 is 5.82 Å². The SMILES string of the molecule is COc1ncc(CN2CCOC(c3cccc(N)n3)C2)cn1. The van der Waals surface area contributed by atoms with E-state index >= 15 is 0 Å². The highest BCUT2D eigenvalue weighted by Gasteiger charge is 2.23. The van der Waals surface area contributed by atoms with Crippen molar-refractivity contribution in [1.29, 1.82) is 0 Å². The molecule has 0 saturated carbocycles. The topological polar surface area (TPSA) is 86.4 Å². The van der Waals surface area contributed by atoms with Crippen molar-refractivity contribution in [3.8, 4) is 6.01 Å². The van der Waals surface area contributed by atoms with Crippen LogP contribution in [0, 0.1) is 0 Å². The largest absolute Gasteiger partial charge is 0.467 e.